The fourth-order valence-corrected chi connectivity index (χ4v) is 4.77. The molecular weight excluding hydrogens is 432 g/mol. The van der Waals surface area contributed by atoms with Crippen LogP contribution in [0.1, 0.15) is 34.7 Å². The predicted molar refractivity (Wildman–Crippen MR) is 126 cm³/mol. The highest BCUT2D eigenvalue weighted by Crippen LogP contribution is 2.39. The van der Waals surface area contributed by atoms with Crippen LogP contribution in [0.3, 0.4) is 0 Å². The number of aryl methyl sites for hydroxylation is 2. The molecule has 180 valence electrons. The Labute approximate surface area is 200 Å². The van der Waals surface area contributed by atoms with E-state index >= 15 is 0 Å². The van der Waals surface area contributed by atoms with Crippen molar-refractivity contribution in [3.63, 3.8) is 0 Å². The summed E-state index contributed by atoms with van der Waals surface area (Å²) in [7, 11) is 1.56. The molecule has 0 aromatic heterocycles. The van der Waals surface area contributed by atoms with Crippen LogP contribution in [0.5, 0.6) is 5.75 Å². The van der Waals surface area contributed by atoms with Crippen LogP contribution >= 0.6 is 0 Å². The van der Waals surface area contributed by atoms with Gasteiger partial charge in [0.2, 0.25) is 5.78 Å². The monoisotopic (exact) mass is 464 g/mol. The number of rotatable bonds is 7. The molecule has 0 saturated carbocycles. The van der Waals surface area contributed by atoms with Gasteiger partial charge in [-0.15, -0.1) is 0 Å². The van der Waals surface area contributed by atoms with Crippen molar-refractivity contribution in [1.29, 1.82) is 0 Å². The van der Waals surface area contributed by atoms with Gasteiger partial charge in [0.15, 0.2) is 0 Å². The van der Waals surface area contributed by atoms with Crippen LogP contribution in [-0.2, 0) is 14.3 Å². The molecule has 0 radical (unpaired) electrons. The highest BCUT2D eigenvalue weighted by molar-refractivity contribution is 6.46. The number of Topliss-reactive ketones (excluding diaryl/α,β-unsaturated/α-hetero) is 1. The van der Waals surface area contributed by atoms with Crippen LogP contribution in [0.15, 0.2) is 48.0 Å². The minimum absolute atomic E-state index is 0.0286. The minimum Gasteiger partial charge on any atom is -0.872 e. The van der Waals surface area contributed by atoms with Crippen LogP contribution in [0.4, 0.5) is 0 Å². The number of nitrogens with zero attached hydrogens (tertiary/aromatic N) is 1. The molecule has 2 aromatic rings. The van der Waals surface area contributed by atoms with Gasteiger partial charge >= 0.3 is 0 Å². The van der Waals surface area contributed by atoms with Crippen molar-refractivity contribution < 1.29 is 29.1 Å². The molecule has 7 nitrogen and oxygen atoms in total. The summed E-state index contributed by atoms with van der Waals surface area (Å²) in [6.07, 6.45) is 0.750. The molecule has 2 aromatic carbocycles. The van der Waals surface area contributed by atoms with Gasteiger partial charge in [-0.1, -0.05) is 41.7 Å². The molecule has 2 saturated heterocycles. The summed E-state index contributed by atoms with van der Waals surface area (Å²) in [5.74, 6) is -1.07. The standard InChI is InChI=1S/C27H32N2O5/c1-18-5-7-20(8-6-18)24-23(25(30)22-10-9-21(33-3)17-19(22)2)26(31)27(32)29(24)12-4-11-28-13-15-34-16-14-28/h5-10,17,24,30H,4,11-16H2,1-3H3. The predicted octanol–water partition coefficient (Wildman–Crippen LogP) is 0.841. The first-order valence-electron chi connectivity index (χ1n) is 11.8. The zero-order valence-electron chi connectivity index (χ0n) is 20.1. The van der Waals surface area contributed by atoms with Crippen molar-refractivity contribution in [2.75, 3.05) is 46.5 Å². The van der Waals surface area contributed by atoms with Crippen molar-refractivity contribution >= 4 is 17.4 Å². The van der Waals surface area contributed by atoms with Crippen LogP contribution in [0.2, 0.25) is 0 Å². The number of ketones is 1. The molecule has 1 amide bonds. The maximum atomic E-state index is 13.6. The van der Waals surface area contributed by atoms with E-state index in [1.807, 2.05) is 31.2 Å². The third kappa shape index (κ3) is 4.86. The number of hydrogen-bond acceptors (Lipinski definition) is 5. The number of methoxy groups -OCH3 is 1. The second kappa shape index (κ2) is 10.4. The van der Waals surface area contributed by atoms with Gasteiger partial charge in [0.05, 0.1) is 32.9 Å². The van der Waals surface area contributed by atoms with E-state index in [2.05, 4.69) is 0 Å². The van der Waals surface area contributed by atoms with Crippen LogP contribution in [0.25, 0.3) is 5.76 Å². The first kappa shape index (κ1) is 24.0. The number of quaternary nitrogens is 1. The van der Waals surface area contributed by atoms with E-state index in [1.165, 1.54) is 4.90 Å². The van der Waals surface area contributed by atoms with E-state index in [1.54, 1.807) is 37.1 Å². The molecular formula is C27H32N2O5. The summed E-state index contributed by atoms with van der Waals surface area (Å²) in [6, 6.07) is 12.1. The Balaban J connectivity index is 1.69. The Morgan fingerprint density at radius 1 is 1.12 bits per heavy atom. The Morgan fingerprint density at radius 2 is 1.82 bits per heavy atom. The van der Waals surface area contributed by atoms with Crippen molar-refractivity contribution in [1.82, 2.24) is 4.90 Å². The van der Waals surface area contributed by atoms with Crippen LogP contribution in [-0.4, -0.2) is 63.1 Å². The molecule has 2 aliphatic heterocycles. The lowest BCUT2D eigenvalue weighted by Gasteiger charge is -2.29. The Hall–Kier alpha value is -3.16. The number of hydrogen-bond donors (Lipinski definition) is 1. The molecule has 0 aliphatic carbocycles. The number of amides is 1. The Bertz CT molecular complexity index is 1090. The van der Waals surface area contributed by atoms with E-state index in [0.717, 1.165) is 50.4 Å². The van der Waals surface area contributed by atoms with Gasteiger partial charge in [0.25, 0.3) is 5.91 Å². The topological polar surface area (TPSA) is 83.3 Å². The normalized spacial score (nSPS) is 20.7. The van der Waals surface area contributed by atoms with Crippen molar-refractivity contribution in [3.05, 3.63) is 70.3 Å². The molecule has 1 N–H and O–H groups in total. The summed E-state index contributed by atoms with van der Waals surface area (Å²) in [5, 5.41) is 13.6. The van der Waals surface area contributed by atoms with E-state index < -0.39 is 23.5 Å². The van der Waals surface area contributed by atoms with Gasteiger partial charge < -0.3 is 24.4 Å². The highest BCUT2D eigenvalue weighted by atomic mass is 16.5. The zero-order chi connectivity index (χ0) is 24.2. The van der Waals surface area contributed by atoms with Gasteiger partial charge in [-0.3, -0.25) is 9.59 Å². The largest absolute Gasteiger partial charge is 0.872 e. The van der Waals surface area contributed by atoms with Gasteiger partial charge in [0.1, 0.15) is 18.8 Å². The Kier molecular flexibility index (Phi) is 7.34. The highest BCUT2D eigenvalue weighted by Gasteiger charge is 2.44. The second-order valence-electron chi connectivity index (χ2n) is 9.03. The first-order valence-corrected chi connectivity index (χ1v) is 11.8. The molecule has 2 fully saturated rings. The maximum Gasteiger partial charge on any atom is 0.295 e. The molecule has 0 spiro atoms. The van der Waals surface area contributed by atoms with Crippen LogP contribution < -0.4 is 14.7 Å². The molecule has 1 atom stereocenters. The summed E-state index contributed by atoms with van der Waals surface area (Å²) in [5.41, 5.74) is 2.99. The van der Waals surface area contributed by atoms with E-state index in [9.17, 15) is 14.7 Å². The lowest BCUT2D eigenvalue weighted by molar-refractivity contribution is -0.908. The van der Waals surface area contributed by atoms with E-state index in [-0.39, 0.29) is 5.57 Å². The number of morpholine rings is 1. The third-order valence-electron chi connectivity index (χ3n) is 6.73. The molecule has 2 heterocycles. The third-order valence-corrected chi connectivity index (χ3v) is 6.73. The number of carbonyl (C=O) groups excluding carboxylic acids is 2. The number of nitrogens with one attached hydrogen (secondary N) is 1. The molecule has 2 aliphatic rings. The molecule has 4 rings (SSSR count). The van der Waals surface area contributed by atoms with Crippen molar-refractivity contribution in [2.24, 2.45) is 0 Å². The van der Waals surface area contributed by atoms with Gasteiger partial charge in [0, 0.05) is 18.5 Å². The molecule has 7 heteroatoms. The number of benzene rings is 2. The lowest BCUT2D eigenvalue weighted by atomic mass is 9.93. The van der Waals surface area contributed by atoms with Gasteiger partial charge in [-0.05, 0) is 42.7 Å². The Morgan fingerprint density at radius 3 is 2.47 bits per heavy atom. The van der Waals surface area contributed by atoms with E-state index in [4.69, 9.17) is 9.47 Å². The fourth-order valence-electron chi connectivity index (χ4n) is 4.77. The lowest BCUT2D eigenvalue weighted by Crippen LogP contribution is -3.14. The SMILES string of the molecule is COc1ccc(C([O-])=C2C(=O)C(=O)N(CCC[NH+]3CCOCC3)C2c2ccc(C)cc2)c(C)c1. The van der Waals surface area contributed by atoms with Gasteiger partial charge in [-0.25, -0.2) is 0 Å². The number of likely N-dealkylation sites (tertiary alicyclic amines) is 1. The van der Waals surface area contributed by atoms with Gasteiger partial charge in [-0.2, -0.15) is 0 Å². The number of ether oxygens (including phenoxy) is 2. The molecule has 1 unspecified atom stereocenters. The average molecular weight is 465 g/mol. The summed E-state index contributed by atoms with van der Waals surface area (Å²) in [4.78, 5) is 29.3. The van der Waals surface area contributed by atoms with Crippen LogP contribution in [0, 0.1) is 13.8 Å². The maximum absolute atomic E-state index is 13.6. The van der Waals surface area contributed by atoms with Crippen molar-refractivity contribution in [3.8, 4) is 5.75 Å². The second-order valence-corrected chi connectivity index (χ2v) is 9.03. The average Bonchev–Trinajstić information content (AvgIpc) is 3.09. The smallest absolute Gasteiger partial charge is 0.295 e. The first-order chi connectivity index (χ1) is 16.4. The fraction of sp³-hybridized carbons (Fsp3) is 0.407. The van der Waals surface area contributed by atoms with Crippen molar-refractivity contribution in [2.45, 2.75) is 26.3 Å². The molecule has 34 heavy (non-hydrogen) atoms. The summed E-state index contributed by atoms with van der Waals surface area (Å²) < 4.78 is 10.7. The number of carbonyl (C=O) groups is 2. The van der Waals surface area contributed by atoms with E-state index in [0.29, 0.717) is 23.4 Å². The quantitative estimate of drug-likeness (QED) is 0.373. The zero-order valence-corrected chi connectivity index (χ0v) is 20.1. The summed E-state index contributed by atoms with van der Waals surface area (Å²) >= 11 is 0. The molecule has 0 bridgehead atoms. The minimum atomic E-state index is -0.704. The summed E-state index contributed by atoms with van der Waals surface area (Å²) in [6.45, 7) is 8.48.